The number of nitrogens with zero attached hydrogens (tertiary/aromatic N) is 1. The van der Waals surface area contributed by atoms with Crippen LogP contribution in [0.2, 0.25) is 0 Å². The van der Waals surface area contributed by atoms with Gasteiger partial charge in [-0.25, -0.2) is 4.39 Å². The molecule has 0 saturated carbocycles. The normalized spacial score (nSPS) is 12.6. The summed E-state index contributed by atoms with van der Waals surface area (Å²) in [6.07, 6.45) is -0.171. The van der Waals surface area contributed by atoms with E-state index in [0.29, 0.717) is 5.70 Å². The molecule has 0 amide bonds. The van der Waals surface area contributed by atoms with Crippen molar-refractivity contribution in [3.8, 4) is 0 Å². The molecule has 5 nitrogen and oxygen atoms in total. The molecule has 9 heteroatoms. The molecule has 0 bridgehead atoms. The number of halogens is 4. The first-order chi connectivity index (χ1) is 14.7. The molecule has 0 aliphatic rings. The van der Waals surface area contributed by atoms with Crippen LogP contribution < -0.4 is 21.7 Å². The van der Waals surface area contributed by atoms with Crippen LogP contribution in [0.25, 0.3) is 0 Å². The van der Waals surface area contributed by atoms with Crippen molar-refractivity contribution < 1.29 is 17.6 Å². The summed E-state index contributed by atoms with van der Waals surface area (Å²) < 4.78 is 50.3. The first-order valence-corrected chi connectivity index (χ1v) is 9.22. The fourth-order valence-electron chi connectivity index (χ4n) is 2.38. The number of nitrogens with one attached hydrogen (secondary N) is 3. The molecular weight excluding hydrogens is 410 g/mol. The number of benzene rings is 2. The zero-order valence-electron chi connectivity index (χ0n) is 16.6. The van der Waals surface area contributed by atoms with Crippen molar-refractivity contribution in [2.75, 3.05) is 17.2 Å². The molecule has 0 aliphatic carbocycles. The average molecular weight is 433 g/mol. The number of aliphatic imine (C=N–C) groups is 1. The van der Waals surface area contributed by atoms with Crippen LogP contribution in [0.3, 0.4) is 0 Å². The molecule has 2 rings (SSSR count). The fraction of sp³-hybridized carbons (Fsp3) is 0.136. The Hall–Kier alpha value is -3.75. The van der Waals surface area contributed by atoms with Crippen molar-refractivity contribution >= 4 is 23.8 Å². The third kappa shape index (κ3) is 9.53. The average Bonchev–Trinajstić information content (AvgIpc) is 2.73. The van der Waals surface area contributed by atoms with E-state index in [1.807, 2.05) is 24.3 Å². The van der Waals surface area contributed by atoms with Crippen molar-refractivity contribution in [3.63, 3.8) is 0 Å². The van der Waals surface area contributed by atoms with Crippen molar-refractivity contribution in [2.45, 2.75) is 12.6 Å². The van der Waals surface area contributed by atoms with Gasteiger partial charge in [0.25, 0.3) is 0 Å². The van der Waals surface area contributed by atoms with Gasteiger partial charge < -0.3 is 21.7 Å². The van der Waals surface area contributed by atoms with Crippen LogP contribution in [0.15, 0.2) is 89.5 Å². The van der Waals surface area contributed by atoms with Crippen LogP contribution in [0, 0.1) is 5.82 Å². The van der Waals surface area contributed by atoms with Crippen LogP contribution >= 0.6 is 0 Å². The third-order valence-corrected chi connectivity index (χ3v) is 3.83. The summed E-state index contributed by atoms with van der Waals surface area (Å²) >= 11 is 0. The first-order valence-electron chi connectivity index (χ1n) is 9.22. The van der Waals surface area contributed by atoms with Gasteiger partial charge in [-0.1, -0.05) is 12.1 Å². The zero-order valence-corrected chi connectivity index (χ0v) is 16.6. The lowest BCUT2D eigenvalue weighted by molar-refractivity contribution is -0.125. The van der Waals surface area contributed by atoms with E-state index in [4.69, 9.17) is 5.73 Å². The summed E-state index contributed by atoms with van der Waals surface area (Å²) in [5.74, 6) is -0.317. The van der Waals surface area contributed by atoms with Gasteiger partial charge in [0.1, 0.15) is 5.82 Å². The lowest BCUT2D eigenvalue weighted by Gasteiger charge is -2.11. The van der Waals surface area contributed by atoms with Gasteiger partial charge in [-0.2, -0.15) is 13.2 Å². The van der Waals surface area contributed by atoms with Crippen molar-refractivity contribution in [1.82, 2.24) is 5.32 Å². The van der Waals surface area contributed by atoms with Crippen LogP contribution in [-0.4, -0.2) is 19.4 Å². The Morgan fingerprint density at radius 2 is 1.77 bits per heavy atom. The quantitative estimate of drug-likeness (QED) is 0.229. The number of allylic oxidation sites excluding steroid dienone is 2. The van der Waals surface area contributed by atoms with Gasteiger partial charge in [-0.05, 0) is 55.3 Å². The Balaban J connectivity index is 1.95. The predicted molar refractivity (Wildman–Crippen MR) is 117 cm³/mol. The largest absolute Gasteiger partial charge is 0.399 e. The monoisotopic (exact) mass is 433 g/mol. The van der Waals surface area contributed by atoms with E-state index in [1.165, 1.54) is 24.4 Å². The molecular formula is C22H23F4N5. The van der Waals surface area contributed by atoms with Gasteiger partial charge in [0.15, 0.2) is 0 Å². The summed E-state index contributed by atoms with van der Waals surface area (Å²) in [6, 6.07) is 13.3. The highest BCUT2D eigenvalue weighted by Crippen LogP contribution is 2.21. The molecule has 2 aromatic rings. The molecule has 0 heterocycles. The van der Waals surface area contributed by atoms with Crippen LogP contribution in [0.4, 0.5) is 34.6 Å². The lowest BCUT2D eigenvalue weighted by atomic mass is 10.2. The predicted octanol–water partition coefficient (Wildman–Crippen LogP) is 5.42. The van der Waals surface area contributed by atoms with Crippen LogP contribution in [0.1, 0.15) is 6.42 Å². The van der Waals surface area contributed by atoms with E-state index >= 15 is 0 Å². The standard InChI is InChI=1S/C22H23F4N5/c1-28-12-10-18(9-11-22(24,25)26)29-14-17(27)15-30-20-3-2-4-21(13-20)31-19-7-5-16(23)6-8-19/h2-10,12-13,15,29-31H,1,11,14,27H2/b12-10-,17-15-,18-9+. The summed E-state index contributed by atoms with van der Waals surface area (Å²) in [5, 5.41) is 9.00. The van der Waals surface area contributed by atoms with E-state index in [2.05, 4.69) is 27.7 Å². The van der Waals surface area contributed by atoms with E-state index in [9.17, 15) is 17.6 Å². The minimum absolute atomic E-state index is 0.117. The molecule has 0 saturated heterocycles. The molecule has 0 spiro atoms. The Labute approximate surface area is 178 Å². The molecule has 2 aromatic carbocycles. The number of hydrogen-bond donors (Lipinski definition) is 4. The Bertz CT molecular complexity index is 947. The molecule has 164 valence electrons. The number of alkyl halides is 3. The van der Waals surface area contributed by atoms with E-state index in [1.54, 1.807) is 18.3 Å². The highest BCUT2D eigenvalue weighted by atomic mass is 19.4. The minimum Gasteiger partial charge on any atom is -0.399 e. The van der Waals surface area contributed by atoms with E-state index in [0.717, 1.165) is 23.1 Å². The Kier molecular flexibility index (Phi) is 8.68. The highest BCUT2D eigenvalue weighted by molar-refractivity contribution is 5.65. The molecule has 0 fully saturated rings. The number of hydrogen-bond acceptors (Lipinski definition) is 5. The molecule has 5 N–H and O–H groups in total. The molecule has 31 heavy (non-hydrogen) atoms. The van der Waals surface area contributed by atoms with Crippen LogP contribution in [-0.2, 0) is 0 Å². The SMILES string of the molecule is C=N/C=C\C(=C/CC(F)(F)F)NC/C(N)=C/Nc1cccc(Nc2ccc(F)cc2)c1. The molecule has 0 atom stereocenters. The summed E-state index contributed by atoms with van der Waals surface area (Å²) in [6.45, 7) is 3.37. The minimum atomic E-state index is -4.31. The summed E-state index contributed by atoms with van der Waals surface area (Å²) in [5.41, 5.74) is 8.78. The highest BCUT2D eigenvalue weighted by Gasteiger charge is 2.25. The maximum atomic E-state index is 13.0. The second-order valence-electron chi connectivity index (χ2n) is 6.41. The third-order valence-electron chi connectivity index (χ3n) is 3.83. The first kappa shape index (κ1) is 23.5. The maximum Gasteiger partial charge on any atom is 0.392 e. The fourth-order valence-corrected chi connectivity index (χ4v) is 2.38. The topological polar surface area (TPSA) is 74.5 Å². The van der Waals surface area contributed by atoms with E-state index in [-0.39, 0.29) is 18.1 Å². The maximum absolute atomic E-state index is 13.0. The Morgan fingerprint density at radius 1 is 1.06 bits per heavy atom. The van der Waals surface area contributed by atoms with Gasteiger partial charge in [-0.3, -0.25) is 4.99 Å². The molecule has 0 aromatic heterocycles. The Morgan fingerprint density at radius 3 is 2.45 bits per heavy atom. The van der Waals surface area contributed by atoms with Gasteiger partial charge >= 0.3 is 6.18 Å². The number of rotatable bonds is 10. The van der Waals surface area contributed by atoms with Crippen molar-refractivity contribution in [1.29, 1.82) is 0 Å². The van der Waals surface area contributed by atoms with Crippen LogP contribution in [0.5, 0.6) is 0 Å². The smallest absolute Gasteiger partial charge is 0.392 e. The summed E-state index contributed by atoms with van der Waals surface area (Å²) in [4.78, 5) is 3.49. The number of nitrogens with two attached hydrogens (primary N) is 1. The van der Waals surface area contributed by atoms with Gasteiger partial charge in [0, 0.05) is 40.9 Å². The van der Waals surface area contributed by atoms with Crippen molar-refractivity contribution in [2.24, 2.45) is 10.7 Å². The zero-order chi connectivity index (χ0) is 22.7. The van der Waals surface area contributed by atoms with Gasteiger partial charge in [0.05, 0.1) is 13.0 Å². The lowest BCUT2D eigenvalue weighted by Crippen LogP contribution is -2.21. The van der Waals surface area contributed by atoms with Gasteiger partial charge in [-0.15, -0.1) is 0 Å². The second-order valence-corrected chi connectivity index (χ2v) is 6.41. The van der Waals surface area contributed by atoms with Crippen molar-refractivity contribution in [3.05, 3.63) is 90.3 Å². The summed E-state index contributed by atoms with van der Waals surface area (Å²) in [7, 11) is 0. The van der Waals surface area contributed by atoms with Gasteiger partial charge in [0.2, 0.25) is 0 Å². The number of anilines is 3. The van der Waals surface area contributed by atoms with E-state index < -0.39 is 12.6 Å². The second kappa shape index (κ2) is 11.4. The molecule has 0 unspecified atom stereocenters. The molecule has 0 aliphatic heterocycles. The molecule has 0 radical (unpaired) electrons.